The lowest BCUT2D eigenvalue weighted by Gasteiger charge is -2.32. The second-order valence-corrected chi connectivity index (χ2v) is 9.39. The summed E-state index contributed by atoms with van der Waals surface area (Å²) in [5.74, 6) is 0.722. The Bertz CT molecular complexity index is 1060. The number of methoxy groups -OCH3 is 1. The van der Waals surface area contributed by atoms with Gasteiger partial charge in [-0.15, -0.1) is 11.8 Å². The molecule has 0 radical (unpaired) electrons. The quantitative estimate of drug-likeness (QED) is 0.398. The van der Waals surface area contributed by atoms with Crippen LogP contribution in [0.5, 0.6) is 5.75 Å². The second-order valence-electron chi connectivity index (χ2n) is 8.34. The Labute approximate surface area is 206 Å². The topological polar surface area (TPSA) is 58.6 Å². The van der Waals surface area contributed by atoms with E-state index in [4.69, 9.17) is 4.74 Å². The summed E-state index contributed by atoms with van der Waals surface area (Å²) in [7, 11) is 1.62. The molecule has 0 heterocycles. The number of nitrogens with zero attached hydrogens (tertiary/aromatic N) is 1. The minimum atomic E-state index is -0.639. The Balaban J connectivity index is 1.91. The maximum absolute atomic E-state index is 13.6. The molecular formula is C28H32N2O3S. The summed E-state index contributed by atoms with van der Waals surface area (Å²) in [5.41, 5.74) is 1.92. The molecule has 3 rings (SSSR count). The number of benzene rings is 3. The maximum atomic E-state index is 13.6. The number of amides is 2. The van der Waals surface area contributed by atoms with Gasteiger partial charge in [0.25, 0.3) is 0 Å². The molecule has 3 aromatic rings. The van der Waals surface area contributed by atoms with Gasteiger partial charge in [0.2, 0.25) is 11.8 Å². The minimum absolute atomic E-state index is 0.0294. The van der Waals surface area contributed by atoms with Gasteiger partial charge in [0.1, 0.15) is 11.8 Å². The van der Waals surface area contributed by atoms with Crippen molar-refractivity contribution in [1.82, 2.24) is 10.2 Å². The number of thioether (sulfide) groups is 1. The average Bonchev–Trinajstić information content (AvgIpc) is 2.85. The van der Waals surface area contributed by atoms with Crippen LogP contribution in [0.15, 0.2) is 89.8 Å². The Morgan fingerprint density at radius 3 is 2.21 bits per heavy atom. The summed E-state index contributed by atoms with van der Waals surface area (Å²) < 4.78 is 5.37. The fraction of sp³-hybridized carbons (Fsp3) is 0.286. The van der Waals surface area contributed by atoms with E-state index >= 15 is 0 Å². The van der Waals surface area contributed by atoms with Gasteiger partial charge in [-0.1, -0.05) is 60.7 Å². The van der Waals surface area contributed by atoms with Crippen molar-refractivity contribution in [3.8, 4) is 5.75 Å². The van der Waals surface area contributed by atoms with Gasteiger partial charge in [-0.25, -0.2) is 0 Å². The largest absolute Gasteiger partial charge is 0.497 e. The van der Waals surface area contributed by atoms with E-state index in [1.165, 1.54) is 11.8 Å². The van der Waals surface area contributed by atoms with Gasteiger partial charge >= 0.3 is 0 Å². The van der Waals surface area contributed by atoms with Crippen LogP contribution in [0.1, 0.15) is 25.0 Å². The molecule has 3 aromatic carbocycles. The Hall–Kier alpha value is -3.25. The molecule has 0 fully saturated rings. The van der Waals surface area contributed by atoms with E-state index in [0.29, 0.717) is 13.0 Å². The van der Waals surface area contributed by atoms with E-state index in [2.05, 4.69) is 5.32 Å². The highest BCUT2D eigenvalue weighted by Crippen LogP contribution is 2.22. The van der Waals surface area contributed by atoms with E-state index in [1.54, 1.807) is 12.0 Å². The molecule has 1 N–H and O–H groups in total. The minimum Gasteiger partial charge on any atom is -0.497 e. The first kappa shape index (κ1) is 25.4. The van der Waals surface area contributed by atoms with Crippen molar-refractivity contribution < 1.29 is 14.3 Å². The number of carbonyl (C=O) groups is 2. The molecule has 0 bridgehead atoms. The van der Waals surface area contributed by atoms with Crippen LogP contribution in [-0.4, -0.2) is 41.7 Å². The number of carbonyl (C=O) groups excluding carboxylic acids is 2. The van der Waals surface area contributed by atoms with Crippen LogP contribution in [0.3, 0.4) is 0 Å². The molecule has 0 spiro atoms. The highest BCUT2D eigenvalue weighted by atomic mass is 32.2. The van der Waals surface area contributed by atoms with Crippen molar-refractivity contribution >= 4 is 23.6 Å². The molecule has 0 aliphatic heterocycles. The second kappa shape index (κ2) is 12.8. The molecule has 5 nitrogen and oxygen atoms in total. The van der Waals surface area contributed by atoms with Crippen LogP contribution >= 0.6 is 11.8 Å². The summed E-state index contributed by atoms with van der Waals surface area (Å²) in [6.45, 7) is 4.17. The summed E-state index contributed by atoms with van der Waals surface area (Å²) in [6.07, 6.45) is 0.436. The van der Waals surface area contributed by atoms with Crippen molar-refractivity contribution in [2.75, 3.05) is 12.9 Å². The van der Waals surface area contributed by atoms with Crippen LogP contribution < -0.4 is 10.1 Å². The first-order valence-electron chi connectivity index (χ1n) is 11.4. The normalized spacial score (nSPS) is 11.6. The third kappa shape index (κ3) is 7.66. The number of rotatable bonds is 11. The summed E-state index contributed by atoms with van der Waals surface area (Å²) in [4.78, 5) is 29.7. The first-order chi connectivity index (χ1) is 16.5. The lowest BCUT2D eigenvalue weighted by molar-refractivity contribution is -0.139. The fourth-order valence-electron chi connectivity index (χ4n) is 3.65. The van der Waals surface area contributed by atoms with Crippen molar-refractivity contribution in [3.05, 3.63) is 96.1 Å². The smallest absolute Gasteiger partial charge is 0.243 e. The molecule has 0 aromatic heterocycles. The summed E-state index contributed by atoms with van der Waals surface area (Å²) in [6, 6.07) is 26.6. The van der Waals surface area contributed by atoms with E-state index in [-0.39, 0.29) is 23.6 Å². The van der Waals surface area contributed by atoms with Gasteiger partial charge in [0, 0.05) is 23.9 Å². The molecule has 178 valence electrons. The van der Waals surface area contributed by atoms with E-state index in [1.807, 2.05) is 98.8 Å². The molecule has 0 aliphatic carbocycles. The number of hydrogen-bond acceptors (Lipinski definition) is 4. The SMILES string of the molecule is COc1cccc(CN(C(=O)CSc2ccccc2)[C@@H](Cc2ccccc2)C(=O)NC(C)C)c1. The number of ether oxygens (including phenoxy) is 1. The summed E-state index contributed by atoms with van der Waals surface area (Å²) in [5, 5.41) is 3.02. The Morgan fingerprint density at radius 2 is 1.56 bits per heavy atom. The first-order valence-corrected chi connectivity index (χ1v) is 12.4. The molecule has 1 atom stereocenters. The lowest BCUT2D eigenvalue weighted by Crippen LogP contribution is -2.52. The standard InChI is InChI=1S/C28H32N2O3S/c1-21(2)29-28(32)26(18-22-11-6-4-7-12-22)30(19-23-13-10-14-24(17-23)33-3)27(31)20-34-25-15-8-5-9-16-25/h4-17,21,26H,18-20H2,1-3H3,(H,29,32)/t26-/m0/s1. The van der Waals surface area contributed by atoms with Crippen molar-refractivity contribution in [1.29, 1.82) is 0 Å². The zero-order valence-electron chi connectivity index (χ0n) is 19.9. The van der Waals surface area contributed by atoms with E-state index < -0.39 is 6.04 Å². The molecular weight excluding hydrogens is 444 g/mol. The predicted octanol–water partition coefficient (Wildman–Crippen LogP) is 4.95. The van der Waals surface area contributed by atoms with Gasteiger partial charge in [-0.3, -0.25) is 9.59 Å². The third-order valence-corrected chi connectivity index (χ3v) is 6.29. The summed E-state index contributed by atoms with van der Waals surface area (Å²) >= 11 is 1.48. The van der Waals surface area contributed by atoms with Crippen LogP contribution in [0.2, 0.25) is 0 Å². The van der Waals surface area contributed by atoms with Gasteiger partial charge < -0.3 is 15.0 Å². The molecule has 2 amide bonds. The maximum Gasteiger partial charge on any atom is 0.243 e. The zero-order valence-corrected chi connectivity index (χ0v) is 20.8. The van der Waals surface area contributed by atoms with Gasteiger partial charge in [-0.05, 0) is 49.2 Å². The average molecular weight is 477 g/mol. The van der Waals surface area contributed by atoms with Gasteiger partial charge in [-0.2, -0.15) is 0 Å². The molecule has 6 heteroatoms. The monoisotopic (exact) mass is 476 g/mol. The Morgan fingerprint density at radius 1 is 0.912 bits per heavy atom. The van der Waals surface area contributed by atoms with Gasteiger partial charge in [0.15, 0.2) is 0 Å². The Kier molecular flexibility index (Phi) is 9.59. The lowest BCUT2D eigenvalue weighted by atomic mass is 10.0. The molecule has 34 heavy (non-hydrogen) atoms. The van der Waals surface area contributed by atoms with Crippen molar-refractivity contribution in [2.24, 2.45) is 0 Å². The fourth-order valence-corrected chi connectivity index (χ4v) is 4.45. The van der Waals surface area contributed by atoms with Crippen molar-refractivity contribution in [2.45, 2.75) is 43.8 Å². The van der Waals surface area contributed by atoms with E-state index in [9.17, 15) is 9.59 Å². The van der Waals surface area contributed by atoms with Crippen LogP contribution in [0.25, 0.3) is 0 Å². The number of nitrogens with one attached hydrogen (secondary N) is 1. The van der Waals surface area contributed by atoms with Crippen LogP contribution in [0, 0.1) is 0 Å². The molecule has 0 aliphatic rings. The number of hydrogen-bond donors (Lipinski definition) is 1. The molecule has 0 saturated heterocycles. The predicted molar refractivity (Wildman–Crippen MR) is 138 cm³/mol. The highest BCUT2D eigenvalue weighted by molar-refractivity contribution is 8.00. The van der Waals surface area contributed by atoms with Gasteiger partial charge in [0.05, 0.1) is 12.9 Å². The third-order valence-electron chi connectivity index (χ3n) is 5.29. The zero-order chi connectivity index (χ0) is 24.3. The highest BCUT2D eigenvalue weighted by Gasteiger charge is 2.30. The molecule has 0 unspecified atom stereocenters. The van der Waals surface area contributed by atoms with Crippen molar-refractivity contribution in [3.63, 3.8) is 0 Å². The van der Waals surface area contributed by atoms with Crippen LogP contribution in [0.4, 0.5) is 0 Å². The molecule has 0 saturated carbocycles. The van der Waals surface area contributed by atoms with Crippen LogP contribution in [-0.2, 0) is 22.6 Å². The van der Waals surface area contributed by atoms with E-state index in [0.717, 1.165) is 21.8 Å².